The van der Waals surface area contributed by atoms with Crippen molar-refractivity contribution in [2.24, 2.45) is 5.92 Å². The van der Waals surface area contributed by atoms with E-state index < -0.39 is 0 Å². The Kier molecular flexibility index (Phi) is 18.5. The van der Waals surface area contributed by atoms with Crippen molar-refractivity contribution in [2.45, 2.75) is 180 Å². The molecule has 214 valence electrons. The van der Waals surface area contributed by atoms with E-state index in [1.165, 1.54) is 172 Å². The number of benzene rings is 1. The lowest BCUT2D eigenvalue weighted by Crippen LogP contribution is -2.48. The molecule has 0 amide bonds. The summed E-state index contributed by atoms with van der Waals surface area (Å²) < 4.78 is 6.84. The normalized spacial score (nSPS) is 19.1. The maximum absolute atomic E-state index is 6.84. The predicted molar refractivity (Wildman–Crippen MR) is 169 cm³/mol. The number of fused-ring (bicyclic) bond motifs is 1. The number of unbranched alkanes of at least 4 members (excludes halogenated alkanes) is 20. The molecule has 1 aromatic rings. The van der Waals surface area contributed by atoms with Crippen molar-refractivity contribution >= 4 is 10.2 Å². The van der Waals surface area contributed by atoms with E-state index >= 15 is 0 Å². The number of para-hydroxylation sites is 1. The van der Waals surface area contributed by atoms with Gasteiger partial charge in [-0.05, 0) is 43.2 Å². The summed E-state index contributed by atoms with van der Waals surface area (Å²) in [6, 6.07) is 8.89. The first kappa shape index (κ1) is 32.4. The minimum Gasteiger partial charge on any atom is -0.492 e. The molecule has 0 fully saturated rings. The van der Waals surface area contributed by atoms with Gasteiger partial charge in [-0.3, -0.25) is 0 Å². The molecular formula is C35H64OSi. The van der Waals surface area contributed by atoms with Crippen LogP contribution in [0.2, 0.25) is 0 Å². The number of hydrogen-bond donors (Lipinski definition) is 0. The van der Waals surface area contributed by atoms with Gasteiger partial charge in [0.05, 0.1) is 15.5 Å². The van der Waals surface area contributed by atoms with Gasteiger partial charge < -0.3 is 4.74 Å². The van der Waals surface area contributed by atoms with Crippen LogP contribution in [0.3, 0.4) is 0 Å². The van der Waals surface area contributed by atoms with Gasteiger partial charge in [-0.25, -0.2) is 0 Å². The summed E-state index contributed by atoms with van der Waals surface area (Å²) in [5, 5.41) is 0.159. The van der Waals surface area contributed by atoms with Gasteiger partial charge in [0.15, 0.2) is 0 Å². The molecule has 0 aliphatic carbocycles. The lowest BCUT2D eigenvalue weighted by molar-refractivity contribution is 0.0533. The zero-order valence-corrected chi connectivity index (χ0v) is 27.5. The molecule has 2 unspecified atom stereocenters. The third kappa shape index (κ3) is 14.3. The van der Waals surface area contributed by atoms with E-state index in [1.54, 1.807) is 0 Å². The van der Waals surface area contributed by atoms with Gasteiger partial charge in [0, 0.05) is 0 Å². The maximum atomic E-state index is 6.84. The predicted octanol–water partition coefficient (Wildman–Crippen LogP) is 10.7. The first-order chi connectivity index (χ1) is 18.2. The molecule has 1 nitrogen and oxygen atoms in total. The Balaban J connectivity index is 1.63. The molecular weight excluding hydrogens is 464 g/mol. The lowest BCUT2D eigenvalue weighted by Gasteiger charge is -2.43. The van der Waals surface area contributed by atoms with Crippen molar-refractivity contribution in [3.8, 4) is 5.75 Å². The molecule has 0 bridgehead atoms. The third-order valence-electron chi connectivity index (χ3n) is 9.08. The summed E-state index contributed by atoms with van der Waals surface area (Å²) >= 11 is 0. The number of hydrogen-bond acceptors (Lipinski definition) is 1. The van der Waals surface area contributed by atoms with Gasteiger partial charge in [-0.2, -0.15) is 0 Å². The van der Waals surface area contributed by atoms with Crippen molar-refractivity contribution in [1.29, 1.82) is 0 Å². The Labute approximate surface area is 235 Å². The molecule has 1 aliphatic heterocycles. The molecule has 0 aromatic heterocycles. The maximum Gasteiger partial charge on any atom is 0.122 e. The third-order valence-corrected chi connectivity index (χ3v) is 10.6. The summed E-state index contributed by atoms with van der Waals surface area (Å²) in [5.74, 6) is 1.92. The summed E-state index contributed by atoms with van der Waals surface area (Å²) in [6.45, 7) is 4.61. The van der Waals surface area contributed by atoms with Gasteiger partial charge in [0.1, 0.15) is 5.75 Å². The Morgan fingerprint density at radius 1 is 0.622 bits per heavy atom. The van der Waals surface area contributed by atoms with Crippen molar-refractivity contribution in [1.82, 2.24) is 0 Å². The Morgan fingerprint density at radius 3 is 1.57 bits per heavy atom. The average Bonchev–Trinajstić information content (AvgIpc) is 2.90. The fraction of sp³-hybridized carbons (Fsp3) is 0.829. The molecule has 0 spiro atoms. The average molecular weight is 529 g/mol. The first-order valence-corrected chi connectivity index (χ1v) is 18.0. The van der Waals surface area contributed by atoms with Crippen LogP contribution in [0.4, 0.5) is 0 Å². The van der Waals surface area contributed by atoms with E-state index in [2.05, 4.69) is 38.1 Å². The second kappa shape index (κ2) is 21.1. The number of rotatable bonds is 24. The lowest BCUT2D eigenvalue weighted by atomic mass is 9.83. The highest BCUT2D eigenvalue weighted by Gasteiger charge is 2.39. The van der Waals surface area contributed by atoms with Crippen molar-refractivity contribution in [2.75, 3.05) is 0 Å². The highest BCUT2D eigenvalue weighted by Crippen LogP contribution is 2.40. The van der Waals surface area contributed by atoms with Gasteiger partial charge in [0.2, 0.25) is 0 Å². The zero-order valence-electron chi connectivity index (χ0n) is 25.5. The van der Waals surface area contributed by atoms with Crippen LogP contribution in [-0.2, 0) is 6.42 Å². The van der Waals surface area contributed by atoms with Crippen molar-refractivity contribution in [3.63, 3.8) is 0 Å². The molecule has 1 aliphatic rings. The largest absolute Gasteiger partial charge is 0.492 e. The van der Waals surface area contributed by atoms with Crippen LogP contribution in [0.25, 0.3) is 0 Å². The molecule has 2 atom stereocenters. The van der Waals surface area contributed by atoms with E-state index in [1.807, 2.05) is 0 Å². The quantitative estimate of drug-likeness (QED) is 0.0957. The van der Waals surface area contributed by atoms with Gasteiger partial charge in [-0.15, -0.1) is 0 Å². The molecule has 37 heavy (non-hydrogen) atoms. The second-order valence-corrected chi connectivity index (χ2v) is 14.2. The van der Waals surface area contributed by atoms with Gasteiger partial charge in [-0.1, -0.05) is 167 Å². The molecule has 2 rings (SSSR count). The fourth-order valence-electron chi connectivity index (χ4n) is 6.45. The van der Waals surface area contributed by atoms with Gasteiger partial charge in [0.25, 0.3) is 0 Å². The first-order valence-electron chi connectivity index (χ1n) is 17.0. The molecule has 1 heterocycles. The monoisotopic (exact) mass is 528 g/mol. The van der Waals surface area contributed by atoms with E-state index in [0.717, 1.165) is 16.2 Å². The minimum atomic E-state index is 0.159. The molecule has 1 aromatic carbocycles. The Morgan fingerprint density at radius 2 is 1.05 bits per heavy atom. The standard InChI is InChI=1S/C35H64OSi/c1-3-5-7-9-11-13-15-17-19-21-23-28-33-31-32-27-24-25-29-34(32)36-35(33,37)30-26-22-20-18-16-14-12-10-8-6-4-2/h24-25,27,29,33H,3-23,26,28,30-31H2,1-2,37H3. The molecule has 0 saturated heterocycles. The summed E-state index contributed by atoms with van der Waals surface area (Å²) in [7, 11) is 1.15. The topological polar surface area (TPSA) is 9.23 Å². The zero-order chi connectivity index (χ0) is 26.4. The Hall–Kier alpha value is -0.763. The number of ether oxygens (including phenoxy) is 1. The van der Waals surface area contributed by atoms with E-state index in [9.17, 15) is 0 Å². The Bertz CT molecular complexity index is 658. The van der Waals surface area contributed by atoms with Crippen LogP contribution in [0.15, 0.2) is 24.3 Å². The van der Waals surface area contributed by atoms with Crippen LogP contribution < -0.4 is 4.74 Å². The summed E-state index contributed by atoms with van der Waals surface area (Å²) in [6.07, 6.45) is 35.3. The SMILES string of the molecule is CCCCCCCCCCCCCC1Cc2ccccc2OC1([SiH3])CCCCCCCCCCCCC. The van der Waals surface area contributed by atoms with Crippen LogP contribution in [0, 0.1) is 5.92 Å². The van der Waals surface area contributed by atoms with E-state index in [0.29, 0.717) is 0 Å². The van der Waals surface area contributed by atoms with Crippen LogP contribution >= 0.6 is 0 Å². The molecule has 0 N–H and O–H groups in total. The van der Waals surface area contributed by atoms with Crippen LogP contribution in [0.5, 0.6) is 5.75 Å². The second-order valence-electron chi connectivity index (χ2n) is 12.5. The van der Waals surface area contributed by atoms with Crippen molar-refractivity contribution < 1.29 is 4.74 Å². The van der Waals surface area contributed by atoms with Crippen LogP contribution in [0.1, 0.15) is 174 Å². The smallest absolute Gasteiger partial charge is 0.122 e. The van der Waals surface area contributed by atoms with Crippen LogP contribution in [-0.4, -0.2) is 15.5 Å². The van der Waals surface area contributed by atoms with E-state index in [4.69, 9.17) is 4.74 Å². The van der Waals surface area contributed by atoms with E-state index in [-0.39, 0.29) is 5.22 Å². The fourth-order valence-corrected chi connectivity index (χ4v) is 7.51. The minimum absolute atomic E-state index is 0.159. The highest BCUT2D eigenvalue weighted by molar-refractivity contribution is 6.15. The summed E-state index contributed by atoms with van der Waals surface area (Å²) in [5.41, 5.74) is 1.46. The molecule has 0 radical (unpaired) electrons. The molecule has 0 saturated carbocycles. The van der Waals surface area contributed by atoms with Gasteiger partial charge >= 0.3 is 0 Å². The summed E-state index contributed by atoms with van der Waals surface area (Å²) in [4.78, 5) is 0. The van der Waals surface area contributed by atoms with Crippen molar-refractivity contribution in [3.05, 3.63) is 29.8 Å². The molecule has 2 heteroatoms. The highest BCUT2D eigenvalue weighted by atomic mass is 28.1.